The number of rotatable bonds is 4. The Labute approximate surface area is 178 Å². The van der Waals surface area contributed by atoms with Gasteiger partial charge in [-0.2, -0.15) is 0 Å². The summed E-state index contributed by atoms with van der Waals surface area (Å²) in [5.41, 5.74) is 5.03. The molecule has 2 fully saturated rings. The molecule has 0 saturated carbocycles. The van der Waals surface area contributed by atoms with Crippen LogP contribution in [0, 0.1) is 6.92 Å². The third-order valence-corrected chi connectivity index (χ3v) is 7.07. The molecule has 1 atom stereocenters. The van der Waals surface area contributed by atoms with Gasteiger partial charge in [0.25, 0.3) is 5.91 Å². The predicted octanol–water partition coefficient (Wildman–Crippen LogP) is 5.23. The largest absolute Gasteiger partial charge is 0.361 e. The molecule has 1 aromatic heterocycles. The van der Waals surface area contributed by atoms with Crippen LogP contribution in [0.25, 0.3) is 10.9 Å². The number of nitrogens with one attached hydrogen (secondary N) is 2. The van der Waals surface area contributed by atoms with Crippen LogP contribution in [0.4, 0.5) is 11.4 Å². The Morgan fingerprint density at radius 3 is 2.67 bits per heavy atom. The maximum absolute atomic E-state index is 12.9. The molecule has 2 aliphatic heterocycles. The molecule has 2 aromatic carbocycles. The van der Waals surface area contributed by atoms with E-state index in [1.54, 1.807) is 0 Å². The van der Waals surface area contributed by atoms with E-state index < -0.39 is 0 Å². The zero-order valence-corrected chi connectivity index (χ0v) is 17.9. The second-order valence-electron chi connectivity index (χ2n) is 8.96. The van der Waals surface area contributed by atoms with Crippen molar-refractivity contribution in [2.24, 2.45) is 0 Å². The highest BCUT2D eigenvalue weighted by molar-refractivity contribution is 6.06. The second-order valence-corrected chi connectivity index (χ2v) is 8.96. The van der Waals surface area contributed by atoms with Crippen LogP contribution in [0.3, 0.4) is 0 Å². The number of carbonyl (C=O) groups excluding carboxylic acids is 1. The number of benzene rings is 2. The monoisotopic (exact) mass is 403 g/mol. The van der Waals surface area contributed by atoms with Crippen molar-refractivity contribution in [2.75, 3.05) is 25.0 Å². The standard InChI is InChI=1S/C25H30N4O/c1-18-16-22(29(14-3-4-15-29)28-13-5-6-19(28)2)9-10-23(18)27-25(30)21-8-7-20-11-12-26-24(20)17-21/h7-12,16-17,19H,3-6,13-15H2,1-2H3,(H-,26,27,30)/p+1/t19-/m0/s1. The fraction of sp³-hybridized carbons (Fsp3) is 0.400. The van der Waals surface area contributed by atoms with Gasteiger partial charge in [-0.05, 0) is 61.9 Å². The molecular formula is C25H31N4O+. The fourth-order valence-corrected chi connectivity index (χ4v) is 5.44. The number of H-pyrrole nitrogens is 1. The molecule has 0 unspecified atom stereocenters. The van der Waals surface area contributed by atoms with Gasteiger partial charge in [0.1, 0.15) is 13.1 Å². The zero-order valence-electron chi connectivity index (χ0n) is 17.9. The number of carbonyl (C=O) groups is 1. The summed E-state index contributed by atoms with van der Waals surface area (Å²) in [6, 6.07) is 15.0. The molecule has 0 aliphatic carbocycles. The Balaban J connectivity index is 1.40. The van der Waals surface area contributed by atoms with E-state index in [4.69, 9.17) is 0 Å². The van der Waals surface area contributed by atoms with Crippen molar-refractivity contribution < 1.29 is 4.79 Å². The third kappa shape index (κ3) is 3.22. The quantitative estimate of drug-likeness (QED) is 0.586. The minimum absolute atomic E-state index is 0.0689. The second kappa shape index (κ2) is 7.56. The number of aryl methyl sites for hydroxylation is 1. The van der Waals surface area contributed by atoms with Gasteiger partial charge in [0.05, 0.1) is 6.04 Å². The van der Waals surface area contributed by atoms with E-state index in [0.717, 1.165) is 26.7 Å². The number of hydrogen-bond donors (Lipinski definition) is 2. The molecule has 30 heavy (non-hydrogen) atoms. The Bertz CT molecular complexity index is 1080. The first-order valence-electron chi connectivity index (χ1n) is 11.2. The Kier molecular flexibility index (Phi) is 4.88. The van der Waals surface area contributed by atoms with Gasteiger partial charge in [0.2, 0.25) is 0 Å². The summed E-state index contributed by atoms with van der Waals surface area (Å²) in [7, 11) is 0. The van der Waals surface area contributed by atoms with Crippen LogP contribution >= 0.6 is 0 Å². The van der Waals surface area contributed by atoms with Crippen LogP contribution in [-0.2, 0) is 0 Å². The van der Waals surface area contributed by atoms with Crippen molar-refractivity contribution >= 4 is 28.2 Å². The summed E-state index contributed by atoms with van der Waals surface area (Å²) < 4.78 is 0.986. The van der Waals surface area contributed by atoms with Crippen molar-refractivity contribution in [3.63, 3.8) is 0 Å². The zero-order chi connectivity index (χ0) is 20.7. The third-order valence-electron chi connectivity index (χ3n) is 7.07. The van der Waals surface area contributed by atoms with Gasteiger partial charge < -0.3 is 10.3 Å². The topological polar surface area (TPSA) is 48.1 Å². The smallest absolute Gasteiger partial charge is 0.255 e. The van der Waals surface area contributed by atoms with Gasteiger partial charge in [0, 0.05) is 54.5 Å². The maximum atomic E-state index is 12.9. The molecule has 0 spiro atoms. The molecule has 3 heterocycles. The lowest BCUT2D eigenvalue weighted by Crippen LogP contribution is -2.61. The lowest BCUT2D eigenvalue weighted by atomic mass is 10.1. The molecule has 0 bridgehead atoms. The summed E-state index contributed by atoms with van der Waals surface area (Å²) in [6.07, 6.45) is 7.04. The van der Waals surface area contributed by atoms with Crippen molar-refractivity contribution in [3.05, 3.63) is 59.8 Å². The minimum Gasteiger partial charge on any atom is -0.361 e. The molecule has 156 valence electrons. The van der Waals surface area contributed by atoms with Gasteiger partial charge in [-0.3, -0.25) is 4.79 Å². The summed E-state index contributed by atoms with van der Waals surface area (Å²) in [6.45, 7) is 8.03. The average molecular weight is 404 g/mol. The highest BCUT2D eigenvalue weighted by atomic mass is 16.1. The van der Waals surface area contributed by atoms with Crippen LogP contribution in [0.2, 0.25) is 0 Å². The van der Waals surface area contributed by atoms with E-state index in [-0.39, 0.29) is 5.91 Å². The Morgan fingerprint density at radius 2 is 1.93 bits per heavy atom. The van der Waals surface area contributed by atoms with Gasteiger partial charge in [-0.25, -0.2) is 4.59 Å². The number of anilines is 1. The van der Waals surface area contributed by atoms with Crippen molar-refractivity contribution in [2.45, 2.75) is 45.6 Å². The molecule has 5 heteroatoms. The van der Waals surface area contributed by atoms with Gasteiger partial charge in [-0.15, -0.1) is 5.01 Å². The molecule has 3 aromatic rings. The molecule has 2 N–H and O–H groups in total. The van der Waals surface area contributed by atoms with Gasteiger partial charge in [0.15, 0.2) is 5.69 Å². The van der Waals surface area contributed by atoms with E-state index in [9.17, 15) is 4.79 Å². The predicted molar refractivity (Wildman–Crippen MR) is 124 cm³/mol. The van der Waals surface area contributed by atoms with Gasteiger partial charge in [-0.1, -0.05) is 6.07 Å². The van der Waals surface area contributed by atoms with Crippen LogP contribution in [0.5, 0.6) is 0 Å². The van der Waals surface area contributed by atoms with Crippen molar-refractivity contribution in [1.29, 1.82) is 0 Å². The summed E-state index contributed by atoms with van der Waals surface area (Å²) >= 11 is 0. The molecule has 2 saturated heterocycles. The number of nitrogens with zero attached hydrogens (tertiary/aromatic N) is 2. The fourth-order valence-electron chi connectivity index (χ4n) is 5.44. The van der Waals surface area contributed by atoms with E-state index in [1.165, 1.54) is 51.0 Å². The lowest BCUT2D eigenvalue weighted by molar-refractivity contribution is -0.00237. The highest BCUT2D eigenvalue weighted by Gasteiger charge is 2.45. The van der Waals surface area contributed by atoms with E-state index in [2.05, 4.69) is 47.4 Å². The summed E-state index contributed by atoms with van der Waals surface area (Å²) in [4.78, 5) is 16.0. The first kappa shape index (κ1) is 19.3. The number of aromatic amines is 1. The normalized spacial score (nSPS) is 21.3. The molecule has 2 aliphatic rings. The van der Waals surface area contributed by atoms with Crippen LogP contribution in [0.15, 0.2) is 48.7 Å². The van der Waals surface area contributed by atoms with Crippen LogP contribution < -0.4 is 9.91 Å². The SMILES string of the molecule is Cc1cc([N+]2(N3CCC[C@@H]3C)CCCC2)ccc1NC(=O)c1ccc2cc[nH]c2c1. The first-order chi connectivity index (χ1) is 14.6. The Morgan fingerprint density at radius 1 is 1.10 bits per heavy atom. The number of amides is 1. The minimum atomic E-state index is -0.0689. The number of fused-ring (bicyclic) bond motifs is 1. The summed E-state index contributed by atoms with van der Waals surface area (Å²) in [5, 5.41) is 6.93. The van der Waals surface area contributed by atoms with E-state index >= 15 is 0 Å². The average Bonchev–Trinajstić information content (AvgIpc) is 3.49. The van der Waals surface area contributed by atoms with Gasteiger partial charge >= 0.3 is 0 Å². The van der Waals surface area contributed by atoms with Crippen LogP contribution in [0.1, 0.15) is 48.5 Å². The molecule has 0 radical (unpaired) electrons. The molecule has 5 nitrogen and oxygen atoms in total. The van der Waals surface area contributed by atoms with E-state index in [1.807, 2.05) is 30.5 Å². The number of hydrogen-bond acceptors (Lipinski definition) is 2. The first-order valence-corrected chi connectivity index (χ1v) is 11.2. The van der Waals surface area contributed by atoms with Crippen molar-refractivity contribution in [3.8, 4) is 0 Å². The Hall–Kier alpha value is -2.63. The van der Waals surface area contributed by atoms with Crippen molar-refractivity contribution in [1.82, 2.24) is 14.6 Å². The lowest BCUT2D eigenvalue weighted by Gasteiger charge is -2.43. The summed E-state index contributed by atoms with van der Waals surface area (Å²) in [5.74, 6) is -0.0689. The van der Waals surface area contributed by atoms with Crippen LogP contribution in [-0.4, -0.2) is 41.6 Å². The number of quaternary nitrogens is 1. The molecule has 5 rings (SSSR count). The highest BCUT2D eigenvalue weighted by Crippen LogP contribution is 2.38. The molecule has 1 amide bonds. The molecular weight excluding hydrogens is 372 g/mol. The maximum Gasteiger partial charge on any atom is 0.255 e. The van der Waals surface area contributed by atoms with E-state index in [0.29, 0.717) is 11.6 Å². The number of aromatic nitrogens is 1.